The predicted octanol–water partition coefficient (Wildman–Crippen LogP) is 2.77. The number of fused-ring (bicyclic) bond motifs is 1. The van der Waals surface area contributed by atoms with Crippen LogP contribution >= 0.6 is 0 Å². The van der Waals surface area contributed by atoms with Crippen LogP contribution in [0.1, 0.15) is 12.8 Å². The van der Waals surface area contributed by atoms with Crippen molar-refractivity contribution in [1.82, 2.24) is 19.9 Å². The van der Waals surface area contributed by atoms with Crippen LogP contribution in [-0.4, -0.2) is 39.7 Å². The molecule has 2 N–H and O–H groups in total. The van der Waals surface area contributed by atoms with Crippen LogP contribution in [0.3, 0.4) is 0 Å². The second-order valence-corrected chi connectivity index (χ2v) is 7.21. The number of allylic oxidation sites excluding steroid dienone is 1. The number of nitrogens with one attached hydrogen (secondary N) is 2. The Morgan fingerprint density at radius 3 is 2.67 bits per heavy atom. The van der Waals surface area contributed by atoms with Gasteiger partial charge in [-0.25, -0.2) is 14.8 Å². The first-order valence-electron chi connectivity index (χ1n) is 9.99. The molecule has 0 atom stereocenters. The molecule has 2 amide bonds. The summed E-state index contributed by atoms with van der Waals surface area (Å²) in [6.45, 7) is 5.39. The van der Waals surface area contributed by atoms with Crippen molar-refractivity contribution in [3.05, 3.63) is 71.7 Å². The molecule has 4 rings (SSSR count). The summed E-state index contributed by atoms with van der Waals surface area (Å²) in [6.07, 6.45) is 4.80. The Bertz CT molecular complexity index is 1100. The zero-order valence-corrected chi connectivity index (χ0v) is 16.6. The lowest BCUT2D eigenvalue weighted by atomic mass is 10.1. The van der Waals surface area contributed by atoms with E-state index in [1.165, 1.54) is 0 Å². The van der Waals surface area contributed by atoms with Crippen molar-refractivity contribution < 1.29 is 4.79 Å². The Hall–Kier alpha value is -3.68. The molecule has 154 valence electrons. The Labute approximate surface area is 174 Å². The molecule has 1 aromatic carbocycles. The van der Waals surface area contributed by atoms with E-state index >= 15 is 0 Å². The van der Waals surface area contributed by atoms with Crippen LogP contribution in [-0.2, 0) is 6.54 Å². The summed E-state index contributed by atoms with van der Waals surface area (Å²) < 4.78 is 1.60. The van der Waals surface area contributed by atoms with Gasteiger partial charge in [-0.15, -0.1) is 6.58 Å². The molecule has 30 heavy (non-hydrogen) atoms. The quantitative estimate of drug-likeness (QED) is 0.638. The smallest absolute Gasteiger partial charge is 0.319 e. The van der Waals surface area contributed by atoms with E-state index in [9.17, 15) is 9.59 Å². The number of hydrogen-bond donors (Lipinski definition) is 2. The summed E-state index contributed by atoms with van der Waals surface area (Å²) in [4.78, 5) is 36.1. The second-order valence-electron chi connectivity index (χ2n) is 7.21. The number of pyridine rings is 1. The average Bonchev–Trinajstić information content (AvgIpc) is 2.77. The molecule has 0 saturated carbocycles. The van der Waals surface area contributed by atoms with Gasteiger partial charge in [0.25, 0.3) is 5.56 Å². The summed E-state index contributed by atoms with van der Waals surface area (Å²) in [5.74, 6) is 0.421. The van der Waals surface area contributed by atoms with Crippen LogP contribution in [0.15, 0.2) is 66.1 Å². The van der Waals surface area contributed by atoms with Gasteiger partial charge in [-0.3, -0.25) is 9.36 Å². The van der Waals surface area contributed by atoms with E-state index in [2.05, 4.69) is 27.2 Å². The van der Waals surface area contributed by atoms with Gasteiger partial charge in [0.05, 0.1) is 0 Å². The van der Waals surface area contributed by atoms with E-state index in [1.807, 2.05) is 47.4 Å². The molecule has 0 aliphatic carbocycles. The number of piperidine rings is 1. The molecule has 8 nitrogen and oxygen atoms in total. The van der Waals surface area contributed by atoms with Crippen molar-refractivity contribution in [3.8, 4) is 0 Å². The summed E-state index contributed by atoms with van der Waals surface area (Å²) in [6, 6.07) is 12.8. The van der Waals surface area contributed by atoms with Crippen molar-refractivity contribution in [3.63, 3.8) is 0 Å². The van der Waals surface area contributed by atoms with Gasteiger partial charge in [-0.2, -0.15) is 0 Å². The van der Waals surface area contributed by atoms with Crippen molar-refractivity contribution in [2.24, 2.45) is 0 Å². The number of hydrogen-bond acceptors (Lipinski definition) is 5. The highest BCUT2D eigenvalue weighted by atomic mass is 16.2. The first-order valence-corrected chi connectivity index (χ1v) is 9.99. The van der Waals surface area contributed by atoms with Gasteiger partial charge < -0.3 is 15.5 Å². The minimum atomic E-state index is -0.220. The molecule has 2 aromatic heterocycles. The van der Waals surface area contributed by atoms with E-state index in [-0.39, 0.29) is 17.6 Å². The third-order valence-electron chi connectivity index (χ3n) is 5.16. The number of carbonyl (C=O) groups excluding carboxylic acids is 1. The maximum atomic E-state index is 13.0. The third kappa shape index (κ3) is 4.17. The number of carbonyl (C=O) groups is 1. The van der Waals surface area contributed by atoms with E-state index < -0.39 is 0 Å². The highest BCUT2D eigenvalue weighted by Gasteiger charge is 2.24. The highest BCUT2D eigenvalue weighted by molar-refractivity contribution is 5.89. The first-order chi connectivity index (χ1) is 14.7. The summed E-state index contributed by atoms with van der Waals surface area (Å²) in [7, 11) is 0. The molecule has 1 aliphatic heterocycles. The van der Waals surface area contributed by atoms with Crippen LogP contribution in [0, 0.1) is 0 Å². The molecule has 1 aliphatic rings. The van der Waals surface area contributed by atoms with Crippen molar-refractivity contribution >= 4 is 28.7 Å². The van der Waals surface area contributed by atoms with Gasteiger partial charge in [0, 0.05) is 37.6 Å². The lowest BCUT2D eigenvalue weighted by Crippen LogP contribution is -2.47. The number of rotatable bonds is 5. The monoisotopic (exact) mass is 404 g/mol. The summed E-state index contributed by atoms with van der Waals surface area (Å²) in [5.41, 5.74) is 1.82. The molecule has 3 aromatic rings. The maximum Gasteiger partial charge on any atom is 0.319 e. The normalized spacial score (nSPS) is 14.5. The Morgan fingerprint density at radius 1 is 1.17 bits per heavy atom. The number of benzene rings is 1. The average molecular weight is 404 g/mol. The molecule has 3 heterocycles. The van der Waals surface area contributed by atoms with Crippen LogP contribution in [0.5, 0.6) is 0 Å². The standard InChI is InChI=1S/C22H24N6O2/c1-2-13-28-19-18(9-6-12-23-19)26-20(21(28)29)27-14-10-17(11-15-27)25-22(30)24-16-7-4-3-5-8-16/h2-9,12,17H,1,10-11,13-15H2,(H2,24,25,30). The predicted molar refractivity (Wildman–Crippen MR) is 118 cm³/mol. The van der Waals surface area contributed by atoms with E-state index in [0.29, 0.717) is 36.6 Å². The molecule has 0 radical (unpaired) electrons. The van der Waals surface area contributed by atoms with Crippen LogP contribution in [0.2, 0.25) is 0 Å². The number of nitrogens with zero attached hydrogens (tertiary/aromatic N) is 4. The fourth-order valence-electron chi connectivity index (χ4n) is 3.68. The minimum absolute atomic E-state index is 0.0440. The Kier molecular flexibility index (Phi) is 5.74. The zero-order chi connectivity index (χ0) is 20.9. The molecular formula is C22H24N6O2. The minimum Gasteiger partial charge on any atom is -0.352 e. The molecule has 1 fully saturated rings. The molecule has 0 spiro atoms. The first kappa shape index (κ1) is 19.6. The number of anilines is 2. The molecule has 8 heteroatoms. The molecule has 0 unspecified atom stereocenters. The lowest BCUT2D eigenvalue weighted by molar-refractivity contribution is 0.246. The van der Waals surface area contributed by atoms with Crippen LogP contribution < -0.4 is 21.1 Å². The van der Waals surface area contributed by atoms with Gasteiger partial charge >= 0.3 is 6.03 Å². The fourth-order valence-corrected chi connectivity index (χ4v) is 3.68. The number of amides is 2. The topological polar surface area (TPSA) is 92.2 Å². The molecule has 0 bridgehead atoms. The fraction of sp³-hybridized carbons (Fsp3) is 0.273. The lowest BCUT2D eigenvalue weighted by Gasteiger charge is -2.33. The van der Waals surface area contributed by atoms with E-state index in [0.717, 1.165) is 18.5 Å². The van der Waals surface area contributed by atoms with Gasteiger partial charge in [0.2, 0.25) is 0 Å². The van der Waals surface area contributed by atoms with Gasteiger partial charge in [-0.1, -0.05) is 24.3 Å². The summed E-state index contributed by atoms with van der Waals surface area (Å²) in [5, 5.41) is 5.85. The van der Waals surface area contributed by atoms with Crippen molar-refractivity contribution in [1.29, 1.82) is 0 Å². The van der Waals surface area contributed by atoms with Gasteiger partial charge in [0.1, 0.15) is 5.52 Å². The van der Waals surface area contributed by atoms with E-state index in [4.69, 9.17) is 0 Å². The zero-order valence-electron chi connectivity index (χ0n) is 16.6. The van der Waals surface area contributed by atoms with E-state index in [1.54, 1.807) is 16.8 Å². The highest BCUT2D eigenvalue weighted by Crippen LogP contribution is 2.18. The van der Waals surface area contributed by atoms with Gasteiger partial charge in [-0.05, 0) is 37.1 Å². The largest absolute Gasteiger partial charge is 0.352 e. The SMILES string of the molecule is C=CCn1c(=O)c(N2CCC(NC(=O)Nc3ccccc3)CC2)nc2cccnc21. The van der Waals surface area contributed by atoms with Crippen molar-refractivity contribution in [2.75, 3.05) is 23.3 Å². The van der Waals surface area contributed by atoms with Crippen LogP contribution in [0.4, 0.5) is 16.3 Å². The Morgan fingerprint density at radius 2 is 1.93 bits per heavy atom. The third-order valence-corrected chi connectivity index (χ3v) is 5.16. The molecule has 1 saturated heterocycles. The number of urea groups is 1. The Balaban J connectivity index is 1.44. The van der Waals surface area contributed by atoms with Gasteiger partial charge in [0.15, 0.2) is 11.5 Å². The second kappa shape index (κ2) is 8.77. The summed E-state index contributed by atoms with van der Waals surface area (Å²) >= 11 is 0. The number of para-hydroxylation sites is 1. The van der Waals surface area contributed by atoms with Crippen LogP contribution in [0.25, 0.3) is 11.2 Å². The van der Waals surface area contributed by atoms with Crippen molar-refractivity contribution in [2.45, 2.75) is 25.4 Å². The number of aromatic nitrogens is 3. The maximum absolute atomic E-state index is 13.0. The molecular weight excluding hydrogens is 380 g/mol.